The fourth-order valence-electron chi connectivity index (χ4n) is 3.57. The van der Waals surface area contributed by atoms with Gasteiger partial charge in [0.25, 0.3) is 0 Å². The summed E-state index contributed by atoms with van der Waals surface area (Å²) in [5.74, 6) is -2.67. The van der Waals surface area contributed by atoms with Gasteiger partial charge in [0.2, 0.25) is 0 Å². The summed E-state index contributed by atoms with van der Waals surface area (Å²) in [6, 6.07) is 0. The summed E-state index contributed by atoms with van der Waals surface area (Å²) in [6.07, 6.45) is -5.88. The number of carbonyl (C=O) groups is 4. The Hall–Kier alpha value is -2.55. The Morgan fingerprint density at radius 2 is 1.38 bits per heavy atom. The van der Waals surface area contributed by atoms with E-state index in [1.807, 2.05) is 12.1 Å². The molecule has 0 unspecified atom stereocenters. The number of likely N-dealkylation sites (N-methyl/N-ethyl adjacent to an activating group) is 1. The Kier molecular flexibility index (Phi) is 10.4. The summed E-state index contributed by atoms with van der Waals surface area (Å²) in [4.78, 5) is 49.1. The van der Waals surface area contributed by atoms with Crippen LogP contribution < -0.4 is 10.7 Å². The van der Waals surface area contributed by atoms with Crippen molar-refractivity contribution in [1.29, 1.82) is 0 Å². The SMILES string of the molecule is CC(=O)OC[C@@H]1O[C@H](NC(=S)NN2CCN(C)CC2)[C@H](OC(C)=O)[C@@H](OC(C)=O)[C@@H]1OC(C)=O. The van der Waals surface area contributed by atoms with E-state index in [9.17, 15) is 19.2 Å². The third-order valence-corrected chi connectivity index (χ3v) is 5.24. The molecule has 0 bridgehead atoms. The van der Waals surface area contributed by atoms with Gasteiger partial charge < -0.3 is 33.9 Å². The van der Waals surface area contributed by atoms with Crippen LogP contribution in [-0.2, 0) is 42.9 Å². The molecular weight excluding hydrogens is 472 g/mol. The Balaban J connectivity index is 2.27. The highest BCUT2D eigenvalue weighted by Crippen LogP contribution is 2.28. The lowest BCUT2D eigenvalue weighted by Gasteiger charge is -2.45. The zero-order valence-electron chi connectivity index (χ0n) is 19.9. The van der Waals surface area contributed by atoms with Gasteiger partial charge in [-0.05, 0) is 19.3 Å². The molecule has 0 aromatic carbocycles. The molecule has 192 valence electrons. The largest absolute Gasteiger partial charge is 0.463 e. The Labute approximate surface area is 203 Å². The monoisotopic (exact) mass is 504 g/mol. The average Bonchev–Trinajstić information content (AvgIpc) is 2.71. The molecule has 0 aliphatic carbocycles. The van der Waals surface area contributed by atoms with E-state index in [0.717, 1.165) is 40.0 Å². The van der Waals surface area contributed by atoms with Gasteiger partial charge in [0.1, 0.15) is 12.7 Å². The number of thiocarbonyl (C=S) groups is 1. The molecule has 2 fully saturated rings. The molecule has 2 N–H and O–H groups in total. The number of nitrogens with one attached hydrogen (secondary N) is 2. The average molecular weight is 505 g/mol. The first kappa shape index (κ1) is 27.7. The maximum atomic E-state index is 11.9. The normalized spacial score (nSPS) is 27.7. The van der Waals surface area contributed by atoms with Crippen LogP contribution in [0.4, 0.5) is 0 Å². The number of hydrogen-bond acceptors (Lipinski definition) is 12. The lowest BCUT2D eigenvalue weighted by molar-refractivity contribution is -0.255. The molecule has 0 radical (unpaired) electrons. The van der Waals surface area contributed by atoms with Crippen LogP contribution in [0.15, 0.2) is 0 Å². The Morgan fingerprint density at radius 1 is 0.853 bits per heavy atom. The highest BCUT2D eigenvalue weighted by molar-refractivity contribution is 7.80. The van der Waals surface area contributed by atoms with Crippen LogP contribution in [0.1, 0.15) is 27.7 Å². The molecule has 14 heteroatoms. The van der Waals surface area contributed by atoms with Gasteiger partial charge in [0.15, 0.2) is 29.7 Å². The molecule has 2 heterocycles. The van der Waals surface area contributed by atoms with Crippen molar-refractivity contribution in [2.45, 2.75) is 58.3 Å². The van der Waals surface area contributed by atoms with Gasteiger partial charge in [0.05, 0.1) is 0 Å². The third-order valence-electron chi connectivity index (χ3n) is 5.03. The number of nitrogens with zero attached hydrogens (tertiary/aromatic N) is 2. The van der Waals surface area contributed by atoms with E-state index in [2.05, 4.69) is 15.6 Å². The third kappa shape index (κ3) is 8.66. The van der Waals surface area contributed by atoms with Crippen molar-refractivity contribution in [2.24, 2.45) is 0 Å². The standard InChI is InChI=1S/C20H32N4O9S/c1-11(25)29-10-15-16(30-12(2)26)17(31-13(3)27)18(32-14(4)28)19(33-15)21-20(34)22-24-8-6-23(5)7-9-24/h15-19H,6-10H2,1-5H3,(H2,21,22,34)/t15-,16+,17-,18+,19-/m0/s1. The number of carbonyl (C=O) groups excluding carboxylic acids is 4. The molecule has 2 rings (SSSR count). The number of esters is 4. The van der Waals surface area contributed by atoms with E-state index in [-0.39, 0.29) is 11.7 Å². The van der Waals surface area contributed by atoms with E-state index < -0.39 is 54.5 Å². The minimum Gasteiger partial charge on any atom is -0.463 e. The van der Waals surface area contributed by atoms with Crippen molar-refractivity contribution in [2.75, 3.05) is 39.8 Å². The minimum atomic E-state index is -1.26. The highest BCUT2D eigenvalue weighted by Gasteiger charge is 2.52. The van der Waals surface area contributed by atoms with Crippen LogP contribution in [0, 0.1) is 0 Å². The quantitative estimate of drug-likeness (QED) is 0.240. The van der Waals surface area contributed by atoms with Gasteiger partial charge in [-0.2, -0.15) is 0 Å². The summed E-state index contributed by atoms with van der Waals surface area (Å²) in [5.41, 5.74) is 3.05. The predicted octanol–water partition coefficient (Wildman–Crippen LogP) is -1.30. The number of hydrogen-bond donors (Lipinski definition) is 2. The number of rotatable bonds is 7. The fourth-order valence-corrected chi connectivity index (χ4v) is 3.81. The second-order valence-corrected chi connectivity index (χ2v) is 8.40. The molecule has 0 saturated carbocycles. The summed E-state index contributed by atoms with van der Waals surface area (Å²) in [6.45, 7) is 7.52. The fraction of sp³-hybridized carbons (Fsp3) is 0.750. The molecule has 0 aromatic rings. The maximum absolute atomic E-state index is 11.9. The topological polar surface area (TPSA) is 145 Å². The summed E-state index contributed by atoms with van der Waals surface area (Å²) < 4.78 is 27.1. The van der Waals surface area contributed by atoms with Crippen molar-refractivity contribution in [3.8, 4) is 0 Å². The van der Waals surface area contributed by atoms with Crippen LogP contribution >= 0.6 is 12.2 Å². The van der Waals surface area contributed by atoms with Crippen LogP contribution in [0.2, 0.25) is 0 Å². The van der Waals surface area contributed by atoms with Gasteiger partial charge in [0, 0.05) is 53.9 Å². The van der Waals surface area contributed by atoms with E-state index in [1.165, 1.54) is 13.8 Å². The van der Waals surface area contributed by atoms with Gasteiger partial charge in [-0.3, -0.25) is 24.6 Å². The highest BCUT2D eigenvalue weighted by atomic mass is 32.1. The van der Waals surface area contributed by atoms with Gasteiger partial charge >= 0.3 is 23.9 Å². The number of hydrazine groups is 1. The van der Waals surface area contributed by atoms with Crippen molar-refractivity contribution >= 4 is 41.2 Å². The van der Waals surface area contributed by atoms with Crippen LogP contribution in [0.5, 0.6) is 0 Å². The molecule has 5 atom stereocenters. The second kappa shape index (κ2) is 12.8. The van der Waals surface area contributed by atoms with Crippen molar-refractivity contribution < 1.29 is 42.9 Å². The van der Waals surface area contributed by atoms with Crippen molar-refractivity contribution in [3.63, 3.8) is 0 Å². The van der Waals surface area contributed by atoms with E-state index in [0.29, 0.717) is 0 Å². The smallest absolute Gasteiger partial charge is 0.303 e. The minimum absolute atomic E-state index is 0.172. The lowest BCUT2D eigenvalue weighted by atomic mass is 9.97. The van der Waals surface area contributed by atoms with Crippen LogP contribution in [0.3, 0.4) is 0 Å². The van der Waals surface area contributed by atoms with E-state index in [1.54, 1.807) is 0 Å². The molecule has 0 aromatic heterocycles. The maximum Gasteiger partial charge on any atom is 0.303 e. The molecule has 2 aliphatic rings. The van der Waals surface area contributed by atoms with E-state index in [4.69, 9.17) is 35.9 Å². The Morgan fingerprint density at radius 3 is 1.91 bits per heavy atom. The summed E-state index contributed by atoms with van der Waals surface area (Å²) in [5, 5.41) is 5.01. The number of piperazine rings is 1. The molecule has 2 saturated heterocycles. The molecular formula is C20H32N4O9S. The van der Waals surface area contributed by atoms with Gasteiger partial charge in [-0.1, -0.05) is 0 Å². The number of ether oxygens (including phenoxy) is 5. The second-order valence-electron chi connectivity index (χ2n) is 8.00. The van der Waals surface area contributed by atoms with Crippen LogP contribution in [-0.4, -0.2) is 109 Å². The summed E-state index contributed by atoms with van der Waals surface area (Å²) >= 11 is 5.41. The summed E-state index contributed by atoms with van der Waals surface area (Å²) in [7, 11) is 2.02. The zero-order chi connectivity index (χ0) is 25.4. The van der Waals surface area contributed by atoms with E-state index >= 15 is 0 Å². The van der Waals surface area contributed by atoms with Crippen molar-refractivity contribution in [3.05, 3.63) is 0 Å². The molecule has 13 nitrogen and oxygen atoms in total. The molecule has 2 aliphatic heterocycles. The van der Waals surface area contributed by atoms with Gasteiger partial charge in [-0.25, -0.2) is 5.01 Å². The first-order valence-corrected chi connectivity index (χ1v) is 11.2. The Bertz CT molecular complexity index is 775. The van der Waals surface area contributed by atoms with Crippen LogP contribution in [0.25, 0.3) is 0 Å². The van der Waals surface area contributed by atoms with Crippen molar-refractivity contribution in [1.82, 2.24) is 20.7 Å². The first-order chi connectivity index (χ1) is 16.0. The first-order valence-electron chi connectivity index (χ1n) is 10.8. The molecule has 34 heavy (non-hydrogen) atoms. The van der Waals surface area contributed by atoms with Gasteiger partial charge in [-0.15, -0.1) is 0 Å². The zero-order valence-corrected chi connectivity index (χ0v) is 20.7. The predicted molar refractivity (Wildman–Crippen MR) is 120 cm³/mol. The molecule has 0 spiro atoms. The molecule has 0 amide bonds. The lowest BCUT2D eigenvalue weighted by Crippen LogP contribution is -2.67.